The van der Waals surface area contributed by atoms with Gasteiger partial charge in [-0.1, -0.05) is 118 Å². The maximum absolute atomic E-state index is 14.8. The van der Waals surface area contributed by atoms with E-state index in [0.29, 0.717) is 62.4 Å². The molecule has 2 aromatic carbocycles. The summed E-state index contributed by atoms with van der Waals surface area (Å²) in [6, 6.07) is 8.24. The first-order chi connectivity index (χ1) is 43.6. The molecule has 2 aromatic rings. The van der Waals surface area contributed by atoms with Gasteiger partial charge >= 0.3 is 18.2 Å². The molecule has 518 valence electrons. The van der Waals surface area contributed by atoms with Gasteiger partial charge in [0.2, 0.25) is 35.4 Å². The lowest BCUT2D eigenvalue weighted by molar-refractivity contribution is -0.148. The third-order valence-electron chi connectivity index (χ3n) is 16.8. The molecule has 0 radical (unpaired) electrons. The standard InChI is InChI=1S/C66H109N11O15/c1-16-34-90-36-37-91-35-32-69-65(86)74-53(40(3)4)61(82)72-49(25-21-31-68-64(67)85)60(81)71-48-29-27-46(28-30-48)39-92-66(87)76(13)55(42(7)8)62(83)73-54(41(5)6)63(84)75(12)56(43(9)17-2)51(88-14)38-52(78)77-33-22-26-50(77)58(89-15)44(10)59(80)70-45(11)57(79)47-23-19-18-20-24-47/h18-20,23-24,27-30,40-45,49-51,53-58,79H,16-17,21-22,25-26,31-39H2,1-15H3,(H,70,80)(H,71,81)(H,72,82)(H,73,83)(H3,67,68,85)(H2,69,74,86)/t43-,44+,45+,49-,50-,51?,53-,54-,55-,56?,57?,58+/m1/s1. The van der Waals surface area contributed by atoms with Crippen molar-refractivity contribution in [3.05, 3.63) is 65.7 Å². The Morgan fingerprint density at radius 3 is 1.91 bits per heavy atom. The number of primary amides is 1. The number of amides is 11. The minimum atomic E-state index is -1.10. The summed E-state index contributed by atoms with van der Waals surface area (Å²) in [4.78, 5) is 127. The van der Waals surface area contributed by atoms with Crippen molar-refractivity contribution in [2.45, 2.75) is 188 Å². The normalized spacial score (nSPS) is 16.7. The molecule has 26 nitrogen and oxygen atoms in total. The van der Waals surface area contributed by atoms with Gasteiger partial charge in [-0.15, -0.1) is 0 Å². The van der Waals surface area contributed by atoms with Crippen molar-refractivity contribution in [1.29, 1.82) is 0 Å². The molecule has 0 saturated carbocycles. The van der Waals surface area contributed by atoms with Crippen LogP contribution in [0.15, 0.2) is 54.6 Å². The van der Waals surface area contributed by atoms with Crippen LogP contribution in [0.3, 0.4) is 0 Å². The number of carbonyl (C=O) groups is 9. The van der Waals surface area contributed by atoms with Crippen molar-refractivity contribution in [3.8, 4) is 0 Å². The van der Waals surface area contributed by atoms with Crippen LogP contribution in [0, 0.1) is 29.6 Å². The van der Waals surface area contributed by atoms with Gasteiger partial charge in [-0.3, -0.25) is 33.7 Å². The van der Waals surface area contributed by atoms with Gasteiger partial charge in [0, 0.05) is 60.2 Å². The number of ether oxygens (including phenoxy) is 5. The average Bonchev–Trinajstić information content (AvgIpc) is 1.45. The van der Waals surface area contributed by atoms with Gasteiger partial charge in [0.1, 0.15) is 30.8 Å². The number of anilines is 1. The van der Waals surface area contributed by atoms with E-state index in [2.05, 4.69) is 37.2 Å². The minimum absolute atomic E-state index is 0.0868. The number of hydrogen-bond donors (Lipinski definition) is 9. The predicted molar refractivity (Wildman–Crippen MR) is 349 cm³/mol. The molecule has 0 aliphatic carbocycles. The Bertz CT molecular complexity index is 2620. The van der Waals surface area contributed by atoms with Crippen LogP contribution in [0.2, 0.25) is 0 Å². The highest BCUT2D eigenvalue weighted by Gasteiger charge is 2.44. The molecule has 26 heteroatoms. The molecule has 1 fully saturated rings. The number of rotatable bonds is 40. The van der Waals surface area contributed by atoms with Crippen molar-refractivity contribution in [2.75, 3.05) is 79.7 Å². The minimum Gasteiger partial charge on any atom is -0.445 e. The fraction of sp³-hybridized carbons (Fsp3) is 0.682. The molecule has 0 aromatic heterocycles. The van der Waals surface area contributed by atoms with Gasteiger partial charge in [-0.2, -0.15) is 0 Å². The fourth-order valence-corrected chi connectivity index (χ4v) is 11.3. The number of nitrogens with one attached hydrogen (secondary N) is 7. The first-order valence-electron chi connectivity index (χ1n) is 32.4. The second-order valence-corrected chi connectivity index (χ2v) is 24.9. The SMILES string of the molecule is CCCOCCOCCNC(=O)N[C@@H](C(=O)N[C@H](CCCNC(N)=O)C(=O)Nc1ccc(COC(=O)N(C)[C@@H](C(=O)N[C@@H](C(=O)N(C)C(C(CC(=O)N2CCC[C@@H]2[C@@H](OC)[C@H](C)C(=O)N[C@@H](C)C(O)c2ccccc2)OC)[C@H](C)CC)C(C)C)C(C)C)cc1)C(C)C. The van der Waals surface area contributed by atoms with Crippen LogP contribution in [0.5, 0.6) is 0 Å². The molecule has 1 aliphatic rings. The smallest absolute Gasteiger partial charge is 0.410 e. The van der Waals surface area contributed by atoms with E-state index in [0.717, 1.165) is 6.42 Å². The van der Waals surface area contributed by atoms with Gasteiger partial charge in [0.25, 0.3) is 0 Å². The van der Waals surface area contributed by atoms with E-state index in [1.54, 1.807) is 109 Å². The van der Waals surface area contributed by atoms with Crippen LogP contribution in [0.25, 0.3) is 0 Å². The van der Waals surface area contributed by atoms with E-state index in [9.17, 15) is 48.3 Å². The predicted octanol–water partition coefficient (Wildman–Crippen LogP) is 5.22. The van der Waals surface area contributed by atoms with Crippen LogP contribution >= 0.6 is 0 Å². The number of likely N-dealkylation sites (tertiary alicyclic amines) is 1. The molecule has 1 saturated heterocycles. The Morgan fingerprint density at radius 1 is 0.696 bits per heavy atom. The summed E-state index contributed by atoms with van der Waals surface area (Å²) in [5.74, 6) is -4.82. The van der Waals surface area contributed by atoms with E-state index in [-0.39, 0.29) is 69.2 Å². The molecule has 10 N–H and O–H groups in total. The molecule has 1 aliphatic heterocycles. The van der Waals surface area contributed by atoms with Crippen LogP contribution < -0.4 is 43.0 Å². The largest absolute Gasteiger partial charge is 0.445 e. The van der Waals surface area contributed by atoms with Crippen LogP contribution in [0.1, 0.15) is 138 Å². The van der Waals surface area contributed by atoms with Gasteiger partial charge in [-0.05, 0) is 86.0 Å². The second kappa shape index (κ2) is 40.8. The van der Waals surface area contributed by atoms with Gasteiger partial charge in [0.15, 0.2) is 0 Å². The van der Waals surface area contributed by atoms with Crippen LogP contribution in [-0.4, -0.2) is 202 Å². The highest BCUT2D eigenvalue weighted by atomic mass is 16.6. The Kier molecular flexibility index (Phi) is 35.1. The highest BCUT2D eigenvalue weighted by molar-refractivity contribution is 5.98. The number of aliphatic hydroxyl groups is 1. The Labute approximate surface area is 544 Å². The number of urea groups is 2. The summed E-state index contributed by atoms with van der Waals surface area (Å²) in [5, 5.41) is 30.2. The fourth-order valence-electron chi connectivity index (χ4n) is 11.3. The number of aliphatic hydroxyl groups excluding tert-OH is 1. The van der Waals surface area contributed by atoms with Crippen LogP contribution in [0.4, 0.5) is 20.1 Å². The zero-order valence-corrected chi connectivity index (χ0v) is 57.0. The molecule has 11 amide bonds. The number of likely N-dealkylation sites (N-methyl/N-ethyl adjacent to an activating group) is 2. The molecule has 12 atom stereocenters. The Hall–Kier alpha value is -7.13. The van der Waals surface area contributed by atoms with E-state index in [1.165, 1.54) is 26.2 Å². The first kappa shape index (κ1) is 79.1. The number of carbonyl (C=O) groups excluding carboxylic acids is 9. The summed E-state index contributed by atoms with van der Waals surface area (Å²) in [5.41, 5.74) is 6.79. The maximum atomic E-state index is 14.8. The van der Waals surface area contributed by atoms with Crippen molar-refractivity contribution in [2.24, 2.45) is 35.3 Å². The van der Waals surface area contributed by atoms with Crippen LogP contribution in [-0.2, 0) is 59.1 Å². The van der Waals surface area contributed by atoms with E-state index in [4.69, 9.17) is 29.4 Å². The number of hydrogen-bond acceptors (Lipinski definition) is 15. The summed E-state index contributed by atoms with van der Waals surface area (Å²) in [6.07, 6.45) is -0.110. The third kappa shape index (κ3) is 25.1. The zero-order valence-electron chi connectivity index (χ0n) is 57.0. The molecular formula is C66H109N11O15. The lowest BCUT2D eigenvalue weighted by atomic mass is 9.89. The van der Waals surface area contributed by atoms with Gasteiger partial charge in [-0.25, -0.2) is 14.4 Å². The zero-order chi connectivity index (χ0) is 68.8. The first-order valence-corrected chi connectivity index (χ1v) is 32.4. The summed E-state index contributed by atoms with van der Waals surface area (Å²) < 4.78 is 28.6. The Morgan fingerprint density at radius 2 is 1.34 bits per heavy atom. The molecule has 0 spiro atoms. The third-order valence-corrected chi connectivity index (χ3v) is 16.8. The average molecular weight is 1300 g/mol. The molecule has 3 rings (SSSR count). The van der Waals surface area contributed by atoms with E-state index >= 15 is 0 Å². The van der Waals surface area contributed by atoms with Crippen molar-refractivity contribution < 1.29 is 71.9 Å². The summed E-state index contributed by atoms with van der Waals surface area (Å²) in [7, 11) is 6.10. The van der Waals surface area contributed by atoms with E-state index < -0.39 is 120 Å². The number of methoxy groups -OCH3 is 2. The molecule has 92 heavy (non-hydrogen) atoms. The summed E-state index contributed by atoms with van der Waals surface area (Å²) in [6.45, 7) is 22.3. The maximum Gasteiger partial charge on any atom is 0.410 e. The molecule has 1 heterocycles. The van der Waals surface area contributed by atoms with Gasteiger partial charge in [0.05, 0.1) is 68.6 Å². The highest BCUT2D eigenvalue weighted by Crippen LogP contribution is 2.30. The van der Waals surface area contributed by atoms with E-state index in [1.807, 2.05) is 39.0 Å². The lowest BCUT2D eigenvalue weighted by Gasteiger charge is -2.41. The molecule has 0 bridgehead atoms. The number of nitrogens with two attached hydrogens (primary N) is 1. The topological polar surface area (TPSA) is 340 Å². The molecule has 3 unspecified atom stereocenters. The van der Waals surface area contributed by atoms with Gasteiger partial charge < -0.3 is 81.5 Å². The summed E-state index contributed by atoms with van der Waals surface area (Å²) >= 11 is 0. The van der Waals surface area contributed by atoms with Crippen molar-refractivity contribution >= 4 is 59.3 Å². The van der Waals surface area contributed by atoms with Crippen molar-refractivity contribution in [3.63, 3.8) is 0 Å². The Balaban J connectivity index is 1.68. The monoisotopic (exact) mass is 1300 g/mol. The quantitative estimate of drug-likeness (QED) is 0.0387. The number of nitrogens with zero attached hydrogens (tertiary/aromatic N) is 3. The number of benzene rings is 2. The molecular weight excluding hydrogens is 1190 g/mol. The lowest BCUT2D eigenvalue weighted by Crippen LogP contribution is -2.60. The second-order valence-electron chi connectivity index (χ2n) is 24.9. The van der Waals surface area contributed by atoms with Crippen molar-refractivity contribution in [1.82, 2.24) is 46.6 Å².